The van der Waals surface area contributed by atoms with Gasteiger partial charge in [-0.3, -0.25) is 4.90 Å². The molecule has 3 nitrogen and oxygen atoms in total. The standard InChI is InChI=1S/C16H20BrN3/c17-10-13-4-5-16(14(9-13)11-18)20-8-7-19-6-2-1-3-15(19)12-20/h4-5,9,15H,1-3,6-8,10,12H2. The molecule has 1 aromatic carbocycles. The Morgan fingerprint density at radius 2 is 2.15 bits per heavy atom. The van der Waals surface area contributed by atoms with Gasteiger partial charge in [0, 0.05) is 31.0 Å². The van der Waals surface area contributed by atoms with E-state index in [2.05, 4.69) is 43.9 Å². The Labute approximate surface area is 129 Å². The molecule has 20 heavy (non-hydrogen) atoms. The molecule has 1 aromatic rings. The summed E-state index contributed by atoms with van der Waals surface area (Å²) < 4.78 is 0. The molecule has 1 atom stereocenters. The summed E-state index contributed by atoms with van der Waals surface area (Å²) in [5, 5.41) is 10.2. The topological polar surface area (TPSA) is 30.3 Å². The number of anilines is 1. The first kappa shape index (κ1) is 13.9. The Balaban J connectivity index is 1.81. The van der Waals surface area contributed by atoms with Gasteiger partial charge in [-0.2, -0.15) is 5.26 Å². The van der Waals surface area contributed by atoms with Gasteiger partial charge < -0.3 is 4.90 Å². The molecule has 0 aromatic heterocycles. The van der Waals surface area contributed by atoms with Crippen molar-refractivity contribution in [3.05, 3.63) is 29.3 Å². The predicted octanol–water partition coefficient (Wildman–Crippen LogP) is 3.13. The zero-order chi connectivity index (χ0) is 13.9. The third kappa shape index (κ3) is 2.70. The van der Waals surface area contributed by atoms with Gasteiger partial charge in [-0.05, 0) is 37.1 Å². The quantitative estimate of drug-likeness (QED) is 0.779. The SMILES string of the molecule is N#Cc1cc(CBr)ccc1N1CCN2CCCCC2C1. The van der Waals surface area contributed by atoms with Crippen LogP contribution < -0.4 is 4.90 Å². The monoisotopic (exact) mass is 333 g/mol. The molecule has 2 fully saturated rings. The molecular weight excluding hydrogens is 314 g/mol. The largest absolute Gasteiger partial charge is 0.368 e. The van der Waals surface area contributed by atoms with E-state index in [1.165, 1.54) is 31.4 Å². The van der Waals surface area contributed by atoms with Gasteiger partial charge in [0.15, 0.2) is 0 Å². The average Bonchev–Trinajstić information content (AvgIpc) is 2.53. The minimum Gasteiger partial charge on any atom is -0.368 e. The Hall–Kier alpha value is -1.05. The number of piperidine rings is 1. The highest BCUT2D eigenvalue weighted by molar-refractivity contribution is 9.08. The maximum absolute atomic E-state index is 9.40. The summed E-state index contributed by atoms with van der Waals surface area (Å²) in [6.45, 7) is 4.50. The number of fused-ring (bicyclic) bond motifs is 1. The van der Waals surface area contributed by atoms with Crippen LogP contribution in [0.25, 0.3) is 0 Å². The van der Waals surface area contributed by atoms with Crippen LogP contribution in [-0.2, 0) is 5.33 Å². The van der Waals surface area contributed by atoms with Crippen LogP contribution in [0, 0.1) is 11.3 Å². The second-order valence-electron chi connectivity index (χ2n) is 5.73. The highest BCUT2D eigenvalue weighted by Gasteiger charge is 2.29. The molecule has 2 aliphatic rings. The molecule has 3 rings (SSSR count). The van der Waals surface area contributed by atoms with E-state index in [4.69, 9.17) is 0 Å². The number of halogens is 1. The van der Waals surface area contributed by atoms with Crippen molar-refractivity contribution in [2.24, 2.45) is 0 Å². The molecule has 1 unspecified atom stereocenters. The second-order valence-corrected chi connectivity index (χ2v) is 6.29. The van der Waals surface area contributed by atoms with Crippen molar-refractivity contribution >= 4 is 21.6 Å². The zero-order valence-corrected chi connectivity index (χ0v) is 13.3. The highest BCUT2D eigenvalue weighted by atomic mass is 79.9. The Kier molecular flexibility index (Phi) is 4.28. The van der Waals surface area contributed by atoms with E-state index in [0.717, 1.165) is 36.2 Å². The third-order valence-electron chi connectivity index (χ3n) is 4.51. The number of nitriles is 1. The minimum atomic E-state index is 0.680. The van der Waals surface area contributed by atoms with Crippen LogP contribution in [0.1, 0.15) is 30.4 Å². The molecule has 2 heterocycles. The number of piperazine rings is 1. The van der Waals surface area contributed by atoms with Gasteiger partial charge in [0.05, 0.1) is 11.3 Å². The maximum Gasteiger partial charge on any atom is 0.101 e. The van der Waals surface area contributed by atoms with Gasteiger partial charge in [-0.1, -0.05) is 28.4 Å². The fourth-order valence-corrected chi connectivity index (χ4v) is 3.76. The van der Waals surface area contributed by atoms with E-state index in [1.807, 2.05) is 6.07 Å². The van der Waals surface area contributed by atoms with E-state index in [9.17, 15) is 5.26 Å². The Bertz CT molecular complexity index is 523. The van der Waals surface area contributed by atoms with Crippen LogP contribution >= 0.6 is 15.9 Å². The fraction of sp³-hybridized carbons (Fsp3) is 0.562. The number of benzene rings is 1. The number of hydrogen-bond donors (Lipinski definition) is 0. The van der Waals surface area contributed by atoms with Crippen molar-refractivity contribution in [2.45, 2.75) is 30.6 Å². The van der Waals surface area contributed by atoms with Crippen molar-refractivity contribution in [1.82, 2.24) is 4.90 Å². The second kappa shape index (κ2) is 6.15. The van der Waals surface area contributed by atoms with Gasteiger partial charge in [-0.15, -0.1) is 0 Å². The smallest absolute Gasteiger partial charge is 0.101 e. The summed E-state index contributed by atoms with van der Waals surface area (Å²) >= 11 is 3.46. The van der Waals surface area contributed by atoms with Crippen LogP contribution in [0.2, 0.25) is 0 Å². The molecule has 2 saturated heterocycles. The molecule has 0 radical (unpaired) electrons. The van der Waals surface area contributed by atoms with Crippen LogP contribution in [0.4, 0.5) is 5.69 Å². The lowest BCUT2D eigenvalue weighted by Gasteiger charge is -2.45. The Morgan fingerprint density at radius 1 is 1.25 bits per heavy atom. The van der Waals surface area contributed by atoms with Crippen molar-refractivity contribution in [2.75, 3.05) is 31.1 Å². The maximum atomic E-state index is 9.40. The van der Waals surface area contributed by atoms with E-state index in [-0.39, 0.29) is 0 Å². The molecular formula is C16H20BrN3. The zero-order valence-electron chi connectivity index (χ0n) is 11.7. The minimum absolute atomic E-state index is 0.680. The van der Waals surface area contributed by atoms with Gasteiger partial charge in [0.25, 0.3) is 0 Å². The van der Waals surface area contributed by atoms with Gasteiger partial charge in [-0.25, -0.2) is 0 Å². The predicted molar refractivity (Wildman–Crippen MR) is 85.2 cm³/mol. The Morgan fingerprint density at radius 3 is 2.95 bits per heavy atom. The molecule has 0 saturated carbocycles. The fourth-order valence-electron chi connectivity index (χ4n) is 3.41. The molecule has 2 aliphatic heterocycles. The number of nitrogens with zero attached hydrogens (tertiary/aromatic N) is 3. The first-order valence-electron chi connectivity index (χ1n) is 7.40. The number of hydrogen-bond acceptors (Lipinski definition) is 3. The van der Waals surface area contributed by atoms with Crippen LogP contribution in [0.5, 0.6) is 0 Å². The molecule has 0 spiro atoms. The molecule has 0 amide bonds. The van der Waals surface area contributed by atoms with Crippen LogP contribution in [0.15, 0.2) is 18.2 Å². The number of alkyl halides is 1. The third-order valence-corrected chi connectivity index (χ3v) is 5.16. The molecule has 0 bridgehead atoms. The van der Waals surface area contributed by atoms with E-state index >= 15 is 0 Å². The summed E-state index contributed by atoms with van der Waals surface area (Å²) in [6.07, 6.45) is 4.00. The summed E-state index contributed by atoms with van der Waals surface area (Å²) in [5.41, 5.74) is 3.09. The van der Waals surface area contributed by atoms with E-state index in [1.54, 1.807) is 0 Å². The lowest BCUT2D eigenvalue weighted by Crippen LogP contribution is -2.55. The lowest BCUT2D eigenvalue weighted by molar-refractivity contribution is 0.133. The highest BCUT2D eigenvalue weighted by Crippen LogP contribution is 2.28. The van der Waals surface area contributed by atoms with Gasteiger partial charge in [0.1, 0.15) is 6.07 Å². The van der Waals surface area contributed by atoms with E-state index in [0.29, 0.717) is 6.04 Å². The average molecular weight is 334 g/mol. The lowest BCUT2D eigenvalue weighted by atomic mass is 9.98. The van der Waals surface area contributed by atoms with Crippen LogP contribution in [-0.4, -0.2) is 37.1 Å². The van der Waals surface area contributed by atoms with E-state index < -0.39 is 0 Å². The summed E-state index contributed by atoms with van der Waals surface area (Å²) in [5.74, 6) is 0. The van der Waals surface area contributed by atoms with Crippen molar-refractivity contribution in [3.63, 3.8) is 0 Å². The van der Waals surface area contributed by atoms with Crippen molar-refractivity contribution in [3.8, 4) is 6.07 Å². The first-order valence-corrected chi connectivity index (χ1v) is 8.52. The van der Waals surface area contributed by atoms with Gasteiger partial charge in [0.2, 0.25) is 0 Å². The molecule has 4 heteroatoms. The molecule has 0 N–H and O–H groups in total. The number of rotatable bonds is 2. The van der Waals surface area contributed by atoms with Crippen LogP contribution in [0.3, 0.4) is 0 Å². The van der Waals surface area contributed by atoms with Gasteiger partial charge >= 0.3 is 0 Å². The molecule has 106 valence electrons. The summed E-state index contributed by atoms with van der Waals surface area (Å²) in [4.78, 5) is 5.03. The molecule has 0 aliphatic carbocycles. The van der Waals surface area contributed by atoms with Crippen molar-refractivity contribution < 1.29 is 0 Å². The normalized spacial score (nSPS) is 23.2. The first-order chi connectivity index (χ1) is 9.81. The summed E-state index contributed by atoms with van der Waals surface area (Å²) in [7, 11) is 0. The van der Waals surface area contributed by atoms with Crippen molar-refractivity contribution in [1.29, 1.82) is 5.26 Å². The summed E-state index contributed by atoms with van der Waals surface area (Å²) in [6, 6.07) is 9.30.